The van der Waals surface area contributed by atoms with Crippen molar-refractivity contribution in [2.75, 3.05) is 6.54 Å². The van der Waals surface area contributed by atoms with Crippen LogP contribution in [0.25, 0.3) is 0 Å². The second kappa shape index (κ2) is 6.70. The van der Waals surface area contributed by atoms with E-state index in [1.165, 1.54) is 12.1 Å². The van der Waals surface area contributed by atoms with E-state index in [0.717, 1.165) is 18.4 Å². The highest BCUT2D eigenvalue weighted by atomic mass is 19.1. The number of nitrogens with zero attached hydrogens (tertiary/aromatic N) is 1. The molecular weight excluding hydrogens is 271 g/mol. The highest BCUT2D eigenvalue weighted by Gasteiger charge is 2.36. The van der Waals surface area contributed by atoms with Gasteiger partial charge in [0.1, 0.15) is 11.9 Å². The Hall–Kier alpha value is -1.91. The van der Waals surface area contributed by atoms with Crippen molar-refractivity contribution in [2.45, 2.75) is 38.6 Å². The second-order valence-corrected chi connectivity index (χ2v) is 5.65. The summed E-state index contributed by atoms with van der Waals surface area (Å²) in [6, 6.07) is 5.29. The van der Waals surface area contributed by atoms with Crippen LogP contribution in [0.4, 0.5) is 4.39 Å². The van der Waals surface area contributed by atoms with Crippen LogP contribution in [0.3, 0.4) is 0 Å². The van der Waals surface area contributed by atoms with E-state index in [2.05, 4.69) is 6.92 Å². The van der Waals surface area contributed by atoms with E-state index in [0.29, 0.717) is 25.3 Å². The van der Waals surface area contributed by atoms with Gasteiger partial charge in [-0.3, -0.25) is 9.59 Å². The fourth-order valence-corrected chi connectivity index (χ4v) is 2.92. The Kier molecular flexibility index (Phi) is 4.94. The molecule has 1 saturated heterocycles. The number of hydrogen-bond donors (Lipinski definition) is 1. The minimum absolute atomic E-state index is 0.0145. The predicted octanol–water partition coefficient (Wildman–Crippen LogP) is 1.87. The third kappa shape index (κ3) is 3.80. The zero-order valence-corrected chi connectivity index (χ0v) is 12.2. The largest absolute Gasteiger partial charge is 0.368 e. The van der Waals surface area contributed by atoms with Gasteiger partial charge >= 0.3 is 0 Å². The summed E-state index contributed by atoms with van der Waals surface area (Å²) in [7, 11) is 0. The first-order valence-electron chi connectivity index (χ1n) is 7.34. The molecule has 0 spiro atoms. The van der Waals surface area contributed by atoms with Gasteiger partial charge in [0.25, 0.3) is 0 Å². The average Bonchev–Trinajstić information content (AvgIpc) is 2.79. The molecule has 5 heteroatoms. The molecule has 0 saturated carbocycles. The molecule has 1 fully saturated rings. The summed E-state index contributed by atoms with van der Waals surface area (Å²) in [5.41, 5.74) is 6.27. The van der Waals surface area contributed by atoms with Gasteiger partial charge in [-0.15, -0.1) is 0 Å². The van der Waals surface area contributed by atoms with Crippen LogP contribution in [-0.4, -0.2) is 29.3 Å². The van der Waals surface area contributed by atoms with Crippen LogP contribution < -0.4 is 5.73 Å². The molecular formula is C16H21FN2O2. The van der Waals surface area contributed by atoms with Crippen molar-refractivity contribution in [3.63, 3.8) is 0 Å². The van der Waals surface area contributed by atoms with Crippen LogP contribution in [0, 0.1) is 11.7 Å². The fraction of sp³-hybridized carbons (Fsp3) is 0.500. The molecule has 1 aromatic carbocycles. The van der Waals surface area contributed by atoms with Crippen LogP contribution in [-0.2, 0) is 16.0 Å². The SMILES string of the molecule is CCCC1CC(=O)N(C(Cc2ccc(F)cc2)C(N)=O)C1. The molecule has 1 aromatic rings. The number of hydrogen-bond acceptors (Lipinski definition) is 2. The topological polar surface area (TPSA) is 63.4 Å². The predicted molar refractivity (Wildman–Crippen MR) is 77.8 cm³/mol. The summed E-state index contributed by atoms with van der Waals surface area (Å²) in [5, 5.41) is 0. The van der Waals surface area contributed by atoms with Gasteiger partial charge in [0.05, 0.1) is 0 Å². The fourth-order valence-electron chi connectivity index (χ4n) is 2.92. The lowest BCUT2D eigenvalue weighted by atomic mass is 10.0. The Labute approximate surface area is 124 Å². The first kappa shape index (κ1) is 15.5. The number of benzene rings is 1. The van der Waals surface area contributed by atoms with E-state index in [4.69, 9.17) is 5.73 Å². The average molecular weight is 292 g/mol. The van der Waals surface area contributed by atoms with E-state index < -0.39 is 11.9 Å². The standard InChI is InChI=1S/C16H21FN2O2/c1-2-3-12-9-15(20)19(10-12)14(16(18)21)8-11-4-6-13(17)7-5-11/h4-7,12,14H,2-3,8-10H2,1H3,(H2,18,21). The molecule has 2 amide bonds. The first-order chi connectivity index (χ1) is 10.0. The number of amides is 2. The third-order valence-corrected chi connectivity index (χ3v) is 3.98. The molecule has 0 bridgehead atoms. The maximum Gasteiger partial charge on any atom is 0.240 e. The van der Waals surface area contributed by atoms with Crippen LogP contribution >= 0.6 is 0 Å². The highest BCUT2D eigenvalue weighted by Crippen LogP contribution is 2.25. The summed E-state index contributed by atoms with van der Waals surface area (Å²) in [6.45, 7) is 2.67. The number of likely N-dealkylation sites (tertiary alicyclic amines) is 1. The number of primary amides is 1. The molecule has 2 atom stereocenters. The summed E-state index contributed by atoms with van der Waals surface area (Å²) in [6.07, 6.45) is 2.82. The molecule has 1 aliphatic rings. The van der Waals surface area contributed by atoms with Crippen LogP contribution in [0.15, 0.2) is 24.3 Å². The van der Waals surface area contributed by atoms with Crippen LogP contribution in [0.5, 0.6) is 0 Å². The molecule has 4 nitrogen and oxygen atoms in total. The second-order valence-electron chi connectivity index (χ2n) is 5.65. The quantitative estimate of drug-likeness (QED) is 0.870. The van der Waals surface area contributed by atoms with Gasteiger partial charge in [0, 0.05) is 19.4 Å². The normalized spacial score (nSPS) is 19.8. The van der Waals surface area contributed by atoms with Crippen molar-refractivity contribution < 1.29 is 14.0 Å². The van der Waals surface area contributed by atoms with Crippen LogP contribution in [0.2, 0.25) is 0 Å². The number of carbonyl (C=O) groups excluding carboxylic acids is 2. The summed E-state index contributed by atoms with van der Waals surface area (Å²) >= 11 is 0. The molecule has 0 aromatic heterocycles. The monoisotopic (exact) mass is 292 g/mol. The highest BCUT2D eigenvalue weighted by molar-refractivity contribution is 5.88. The molecule has 0 radical (unpaired) electrons. The zero-order chi connectivity index (χ0) is 15.4. The maximum atomic E-state index is 12.9. The van der Waals surface area contributed by atoms with Gasteiger partial charge in [-0.05, 0) is 30.0 Å². The Bertz CT molecular complexity index is 516. The van der Waals surface area contributed by atoms with E-state index >= 15 is 0 Å². The van der Waals surface area contributed by atoms with Crippen molar-refractivity contribution in [1.82, 2.24) is 4.90 Å². The third-order valence-electron chi connectivity index (χ3n) is 3.98. The Balaban J connectivity index is 2.10. The molecule has 21 heavy (non-hydrogen) atoms. The van der Waals surface area contributed by atoms with Gasteiger partial charge < -0.3 is 10.6 Å². The Morgan fingerprint density at radius 2 is 2.10 bits per heavy atom. The molecule has 2 rings (SSSR count). The number of carbonyl (C=O) groups is 2. The first-order valence-corrected chi connectivity index (χ1v) is 7.34. The van der Waals surface area contributed by atoms with Crippen LogP contribution in [0.1, 0.15) is 31.7 Å². The summed E-state index contributed by atoms with van der Waals surface area (Å²) in [5.74, 6) is -0.545. The van der Waals surface area contributed by atoms with E-state index in [1.54, 1.807) is 17.0 Å². The lowest BCUT2D eigenvalue weighted by molar-refractivity contribution is -0.136. The lowest BCUT2D eigenvalue weighted by Crippen LogP contribution is -2.47. The minimum Gasteiger partial charge on any atom is -0.368 e. The van der Waals surface area contributed by atoms with E-state index in [9.17, 15) is 14.0 Å². The molecule has 0 aliphatic carbocycles. The van der Waals surface area contributed by atoms with Crippen molar-refractivity contribution in [3.05, 3.63) is 35.6 Å². The molecule has 2 unspecified atom stereocenters. The van der Waals surface area contributed by atoms with Crippen molar-refractivity contribution in [2.24, 2.45) is 11.7 Å². The molecule has 2 N–H and O–H groups in total. The molecule has 1 heterocycles. The molecule has 1 aliphatic heterocycles. The smallest absolute Gasteiger partial charge is 0.240 e. The van der Waals surface area contributed by atoms with Gasteiger partial charge in [-0.2, -0.15) is 0 Å². The molecule has 114 valence electrons. The van der Waals surface area contributed by atoms with Gasteiger partial charge in [0.2, 0.25) is 11.8 Å². The van der Waals surface area contributed by atoms with Crippen molar-refractivity contribution in [1.29, 1.82) is 0 Å². The number of rotatable bonds is 6. The summed E-state index contributed by atoms with van der Waals surface area (Å²) < 4.78 is 12.9. The lowest BCUT2D eigenvalue weighted by Gasteiger charge is -2.25. The number of halogens is 1. The van der Waals surface area contributed by atoms with E-state index in [1.807, 2.05) is 0 Å². The number of nitrogens with two attached hydrogens (primary N) is 1. The van der Waals surface area contributed by atoms with E-state index in [-0.39, 0.29) is 11.7 Å². The van der Waals surface area contributed by atoms with Gasteiger partial charge in [-0.1, -0.05) is 25.5 Å². The Morgan fingerprint density at radius 3 is 2.67 bits per heavy atom. The summed E-state index contributed by atoms with van der Waals surface area (Å²) in [4.78, 5) is 25.4. The van der Waals surface area contributed by atoms with Crippen molar-refractivity contribution >= 4 is 11.8 Å². The minimum atomic E-state index is -0.648. The van der Waals surface area contributed by atoms with Crippen molar-refractivity contribution in [3.8, 4) is 0 Å². The van der Waals surface area contributed by atoms with Gasteiger partial charge in [-0.25, -0.2) is 4.39 Å². The Morgan fingerprint density at radius 1 is 1.43 bits per heavy atom. The maximum absolute atomic E-state index is 12.9. The zero-order valence-electron chi connectivity index (χ0n) is 12.2. The van der Waals surface area contributed by atoms with Gasteiger partial charge in [0.15, 0.2) is 0 Å².